The summed E-state index contributed by atoms with van der Waals surface area (Å²) in [5, 5.41) is 3.46. The van der Waals surface area contributed by atoms with Crippen LogP contribution < -0.4 is 10.2 Å². The van der Waals surface area contributed by atoms with Gasteiger partial charge >= 0.3 is 0 Å². The van der Waals surface area contributed by atoms with Crippen LogP contribution >= 0.6 is 11.6 Å². The Morgan fingerprint density at radius 1 is 1.29 bits per heavy atom. The van der Waals surface area contributed by atoms with Gasteiger partial charge in [0.1, 0.15) is 17.7 Å². The Balaban J connectivity index is 1.71. The topological polar surface area (TPSA) is 45.2 Å². The molecule has 0 radical (unpaired) electrons. The molecule has 1 aliphatic rings. The normalized spacial score (nSPS) is 16.9. The standard InChI is InChI=1S/C18H17ClFN3O/c1-12(20)13-4-9-17(21-11-13)22-18(24)16-3-2-10-23(16)15-7-5-14(19)6-8-15/h4-9,11,16H,1-3,10H2,(H,21,22,24). The summed E-state index contributed by atoms with van der Waals surface area (Å²) in [6, 6.07) is 10.3. The molecule has 1 saturated heterocycles. The van der Waals surface area contributed by atoms with Gasteiger partial charge in [-0.05, 0) is 49.2 Å². The molecule has 4 nitrogen and oxygen atoms in total. The van der Waals surface area contributed by atoms with Crippen molar-refractivity contribution in [2.45, 2.75) is 18.9 Å². The summed E-state index contributed by atoms with van der Waals surface area (Å²) in [7, 11) is 0. The molecule has 2 aromatic rings. The van der Waals surface area contributed by atoms with E-state index in [1.807, 2.05) is 24.3 Å². The van der Waals surface area contributed by atoms with E-state index >= 15 is 0 Å². The van der Waals surface area contributed by atoms with Crippen LogP contribution in [0.1, 0.15) is 18.4 Å². The smallest absolute Gasteiger partial charge is 0.248 e. The quantitative estimate of drug-likeness (QED) is 0.899. The van der Waals surface area contributed by atoms with E-state index in [4.69, 9.17) is 11.6 Å². The predicted molar refractivity (Wildman–Crippen MR) is 94.8 cm³/mol. The molecule has 0 saturated carbocycles. The molecule has 0 bridgehead atoms. The van der Waals surface area contributed by atoms with Crippen molar-refractivity contribution in [3.63, 3.8) is 0 Å². The molecule has 0 spiro atoms. The molecule has 1 aliphatic heterocycles. The largest absolute Gasteiger partial charge is 0.360 e. The predicted octanol–water partition coefficient (Wildman–Crippen LogP) is 4.28. The highest BCUT2D eigenvalue weighted by atomic mass is 35.5. The molecular formula is C18H17ClFN3O. The van der Waals surface area contributed by atoms with Gasteiger partial charge in [-0.1, -0.05) is 18.2 Å². The van der Waals surface area contributed by atoms with Gasteiger partial charge in [0.2, 0.25) is 5.91 Å². The van der Waals surface area contributed by atoms with E-state index in [9.17, 15) is 9.18 Å². The zero-order valence-electron chi connectivity index (χ0n) is 13.0. The monoisotopic (exact) mass is 345 g/mol. The maximum atomic E-state index is 13.0. The maximum absolute atomic E-state index is 13.0. The van der Waals surface area contributed by atoms with E-state index in [2.05, 4.69) is 21.8 Å². The van der Waals surface area contributed by atoms with Crippen LogP contribution in [-0.4, -0.2) is 23.5 Å². The molecule has 1 atom stereocenters. The lowest BCUT2D eigenvalue weighted by Crippen LogP contribution is -2.39. The molecule has 0 aliphatic carbocycles. The second-order valence-corrected chi connectivity index (χ2v) is 6.09. The first-order chi connectivity index (χ1) is 11.5. The van der Waals surface area contributed by atoms with Crippen LogP contribution in [0.15, 0.2) is 49.2 Å². The number of nitrogens with one attached hydrogen (secondary N) is 1. The highest BCUT2D eigenvalue weighted by Crippen LogP contribution is 2.27. The summed E-state index contributed by atoms with van der Waals surface area (Å²) in [4.78, 5) is 18.7. The number of hydrogen-bond donors (Lipinski definition) is 1. The molecule has 1 aromatic carbocycles. The first-order valence-electron chi connectivity index (χ1n) is 7.68. The van der Waals surface area contributed by atoms with Crippen molar-refractivity contribution >= 4 is 34.8 Å². The maximum Gasteiger partial charge on any atom is 0.248 e. The third kappa shape index (κ3) is 3.57. The fourth-order valence-corrected chi connectivity index (χ4v) is 2.94. The van der Waals surface area contributed by atoms with Crippen molar-refractivity contribution in [2.24, 2.45) is 0 Å². The number of hydrogen-bond acceptors (Lipinski definition) is 3. The number of amides is 1. The molecular weight excluding hydrogens is 329 g/mol. The van der Waals surface area contributed by atoms with Crippen molar-refractivity contribution in [2.75, 3.05) is 16.8 Å². The fraction of sp³-hybridized carbons (Fsp3) is 0.222. The molecule has 1 fully saturated rings. The minimum atomic E-state index is -0.551. The lowest BCUT2D eigenvalue weighted by atomic mass is 10.2. The second kappa shape index (κ2) is 7.01. The molecule has 2 heterocycles. The molecule has 6 heteroatoms. The fourth-order valence-electron chi connectivity index (χ4n) is 2.82. The van der Waals surface area contributed by atoms with Crippen molar-refractivity contribution in [3.8, 4) is 0 Å². The Kier molecular flexibility index (Phi) is 4.81. The van der Waals surface area contributed by atoms with Gasteiger partial charge in [0.25, 0.3) is 0 Å². The number of pyridine rings is 1. The Morgan fingerprint density at radius 2 is 2.04 bits per heavy atom. The first kappa shape index (κ1) is 16.5. The third-order valence-corrected chi connectivity index (χ3v) is 4.29. The summed E-state index contributed by atoms with van der Waals surface area (Å²) >= 11 is 5.92. The number of halogens is 2. The van der Waals surface area contributed by atoms with Gasteiger partial charge in [0.05, 0.1) is 0 Å². The summed E-state index contributed by atoms with van der Waals surface area (Å²) in [5.74, 6) is -0.278. The number of rotatable bonds is 4. The van der Waals surface area contributed by atoms with Crippen molar-refractivity contribution < 1.29 is 9.18 Å². The van der Waals surface area contributed by atoms with Gasteiger partial charge < -0.3 is 10.2 Å². The minimum Gasteiger partial charge on any atom is -0.360 e. The minimum absolute atomic E-state index is 0.123. The van der Waals surface area contributed by atoms with Gasteiger partial charge in [-0.25, -0.2) is 9.37 Å². The summed E-state index contributed by atoms with van der Waals surface area (Å²) in [5.41, 5.74) is 1.27. The van der Waals surface area contributed by atoms with E-state index in [1.165, 1.54) is 12.3 Å². The van der Waals surface area contributed by atoms with Crippen LogP contribution in [0.4, 0.5) is 15.9 Å². The first-order valence-corrected chi connectivity index (χ1v) is 8.06. The number of carbonyl (C=O) groups excluding carboxylic acids is 1. The van der Waals surface area contributed by atoms with Crippen LogP contribution in [0.3, 0.4) is 0 Å². The second-order valence-electron chi connectivity index (χ2n) is 5.65. The van der Waals surface area contributed by atoms with Crippen LogP contribution in [0.5, 0.6) is 0 Å². The van der Waals surface area contributed by atoms with Gasteiger partial charge in [0.15, 0.2) is 0 Å². The highest BCUT2D eigenvalue weighted by Gasteiger charge is 2.31. The van der Waals surface area contributed by atoms with E-state index in [0.717, 1.165) is 25.1 Å². The van der Waals surface area contributed by atoms with E-state index < -0.39 is 5.83 Å². The lowest BCUT2D eigenvalue weighted by molar-refractivity contribution is -0.117. The van der Waals surface area contributed by atoms with Crippen LogP contribution in [0.25, 0.3) is 5.83 Å². The van der Waals surface area contributed by atoms with Crippen molar-refractivity contribution in [3.05, 3.63) is 59.8 Å². The zero-order valence-corrected chi connectivity index (χ0v) is 13.8. The Morgan fingerprint density at radius 3 is 2.67 bits per heavy atom. The number of carbonyl (C=O) groups is 1. The van der Waals surface area contributed by atoms with Crippen LogP contribution in [0, 0.1) is 0 Å². The third-order valence-electron chi connectivity index (χ3n) is 4.04. The number of nitrogens with zero attached hydrogens (tertiary/aromatic N) is 2. The molecule has 1 unspecified atom stereocenters. The molecule has 1 amide bonds. The molecule has 1 N–H and O–H groups in total. The van der Waals surface area contributed by atoms with Crippen LogP contribution in [0.2, 0.25) is 5.02 Å². The zero-order chi connectivity index (χ0) is 17.1. The Labute approximate surface area is 145 Å². The SMILES string of the molecule is C=C(F)c1ccc(NC(=O)C2CCCN2c2ccc(Cl)cc2)nc1. The highest BCUT2D eigenvalue weighted by molar-refractivity contribution is 6.30. The van der Waals surface area contributed by atoms with Gasteiger partial charge in [-0.2, -0.15) is 0 Å². The van der Waals surface area contributed by atoms with Crippen molar-refractivity contribution in [1.82, 2.24) is 4.98 Å². The Hall–Kier alpha value is -2.40. The average molecular weight is 346 g/mol. The number of anilines is 2. The van der Waals surface area contributed by atoms with Crippen LogP contribution in [-0.2, 0) is 4.79 Å². The average Bonchev–Trinajstić information content (AvgIpc) is 3.06. The van der Waals surface area contributed by atoms with Gasteiger partial charge in [-0.3, -0.25) is 4.79 Å². The van der Waals surface area contributed by atoms with E-state index in [-0.39, 0.29) is 11.9 Å². The van der Waals surface area contributed by atoms with E-state index in [0.29, 0.717) is 16.4 Å². The summed E-state index contributed by atoms with van der Waals surface area (Å²) in [6.45, 7) is 4.03. The van der Waals surface area contributed by atoms with Gasteiger partial charge in [0, 0.05) is 29.0 Å². The summed E-state index contributed by atoms with van der Waals surface area (Å²) in [6.07, 6.45) is 3.06. The van der Waals surface area contributed by atoms with Crippen molar-refractivity contribution in [1.29, 1.82) is 0 Å². The summed E-state index contributed by atoms with van der Waals surface area (Å²) < 4.78 is 13.0. The molecule has 124 valence electrons. The molecule has 3 rings (SSSR count). The number of benzene rings is 1. The number of aromatic nitrogens is 1. The Bertz CT molecular complexity index is 746. The molecule has 1 aromatic heterocycles. The molecule has 24 heavy (non-hydrogen) atoms. The van der Waals surface area contributed by atoms with E-state index in [1.54, 1.807) is 6.07 Å². The lowest BCUT2D eigenvalue weighted by Gasteiger charge is -2.25. The van der Waals surface area contributed by atoms with Gasteiger partial charge in [-0.15, -0.1) is 0 Å².